The lowest BCUT2D eigenvalue weighted by atomic mass is 10.0. The van der Waals surface area contributed by atoms with E-state index in [0.717, 1.165) is 23.8 Å². The highest BCUT2D eigenvalue weighted by molar-refractivity contribution is 5.66. The number of ether oxygens (including phenoxy) is 2. The van der Waals surface area contributed by atoms with Crippen LogP contribution in [0.25, 0.3) is 0 Å². The predicted octanol–water partition coefficient (Wildman–Crippen LogP) is -2.28. The Hall–Kier alpha value is -1.97. The lowest BCUT2D eigenvalue weighted by Crippen LogP contribution is -2.54. The van der Waals surface area contributed by atoms with Gasteiger partial charge < -0.3 is 19.7 Å². The number of carbonyl (C=O) groups excluding carboxylic acids is 1. The summed E-state index contributed by atoms with van der Waals surface area (Å²) < 4.78 is 11.1. The number of aliphatic hydroxyl groups is 2. The molecule has 4 atom stereocenters. The molecule has 0 bridgehead atoms. The van der Waals surface area contributed by atoms with E-state index in [4.69, 9.17) is 9.47 Å². The maximum absolute atomic E-state index is 11.7. The molecule has 1 aromatic heterocycles. The van der Waals surface area contributed by atoms with E-state index in [9.17, 15) is 24.6 Å². The van der Waals surface area contributed by atoms with E-state index >= 15 is 0 Å². The van der Waals surface area contributed by atoms with Gasteiger partial charge >= 0.3 is 11.7 Å². The van der Waals surface area contributed by atoms with Gasteiger partial charge in [0.05, 0.1) is 6.61 Å². The number of esters is 1. The van der Waals surface area contributed by atoms with Crippen LogP contribution in [0.15, 0.2) is 21.9 Å². The Labute approximate surface area is 112 Å². The maximum atomic E-state index is 11.7. The minimum atomic E-state index is -1.41. The van der Waals surface area contributed by atoms with Gasteiger partial charge in [-0.15, -0.1) is 0 Å². The van der Waals surface area contributed by atoms with Crippen LogP contribution in [0, 0.1) is 0 Å². The second-order valence-electron chi connectivity index (χ2n) is 4.37. The predicted molar refractivity (Wildman–Crippen MR) is 63.9 cm³/mol. The molecule has 9 nitrogen and oxygen atoms in total. The lowest BCUT2D eigenvalue weighted by Gasteiger charge is -2.37. The third kappa shape index (κ3) is 2.79. The van der Waals surface area contributed by atoms with Crippen LogP contribution in [-0.2, 0) is 14.3 Å². The van der Waals surface area contributed by atoms with Crippen molar-refractivity contribution in [3.8, 4) is 0 Å². The largest absolute Gasteiger partial charge is 0.455 e. The van der Waals surface area contributed by atoms with Crippen molar-refractivity contribution < 1.29 is 24.5 Å². The first-order valence-corrected chi connectivity index (χ1v) is 5.86. The molecule has 0 spiro atoms. The summed E-state index contributed by atoms with van der Waals surface area (Å²) >= 11 is 0. The summed E-state index contributed by atoms with van der Waals surface area (Å²) in [5, 5.41) is 19.4. The molecule has 2 heterocycles. The maximum Gasteiger partial charge on any atom is 0.330 e. The molecular formula is C11H14N2O7. The van der Waals surface area contributed by atoms with Crippen molar-refractivity contribution in [3.05, 3.63) is 33.1 Å². The van der Waals surface area contributed by atoms with Gasteiger partial charge in [-0.2, -0.15) is 0 Å². The second-order valence-corrected chi connectivity index (χ2v) is 4.37. The Morgan fingerprint density at radius 1 is 1.50 bits per heavy atom. The van der Waals surface area contributed by atoms with Crippen LogP contribution in [0.1, 0.15) is 13.2 Å². The highest BCUT2D eigenvalue weighted by Crippen LogP contribution is 2.25. The van der Waals surface area contributed by atoms with E-state index in [-0.39, 0.29) is 6.61 Å². The van der Waals surface area contributed by atoms with E-state index in [1.807, 2.05) is 4.98 Å². The van der Waals surface area contributed by atoms with Crippen molar-refractivity contribution in [2.75, 3.05) is 6.61 Å². The Morgan fingerprint density at radius 2 is 2.20 bits per heavy atom. The van der Waals surface area contributed by atoms with E-state index < -0.39 is 41.8 Å². The van der Waals surface area contributed by atoms with Gasteiger partial charge in [0.1, 0.15) is 12.2 Å². The molecule has 3 N–H and O–H groups in total. The smallest absolute Gasteiger partial charge is 0.330 e. The number of H-pyrrole nitrogens is 1. The highest BCUT2D eigenvalue weighted by atomic mass is 16.6. The van der Waals surface area contributed by atoms with Crippen molar-refractivity contribution in [1.29, 1.82) is 0 Å². The molecule has 20 heavy (non-hydrogen) atoms. The van der Waals surface area contributed by atoms with E-state index in [0.29, 0.717) is 0 Å². The zero-order valence-corrected chi connectivity index (χ0v) is 10.6. The average Bonchev–Trinajstić information content (AvgIpc) is 2.36. The summed E-state index contributed by atoms with van der Waals surface area (Å²) in [7, 11) is 0. The van der Waals surface area contributed by atoms with Gasteiger partial charge in [0.25, 0.3) is 5.56 Å². The molecule has 2 rings (SSSR count). The number of aromatic amines is 1. The number of aromatic nitrogens is 2. The van der Waals surface area contributed by atoms with Crippen molar-refractivity contribution >= 4 is 5.97 Å². The zero-order chi connectivity index (χ0) is 14.9. The number of carbonyl (C=O) groups is 1. The Balaban J connectivity index is 2.38. The molecule has 1 fully saturated rings. The summed E-state index contributed by atoms with van der Waals surface area (Å²) in [6.07, 6.45) is -3.89. The Kier molecular flexibility index (Phi) is 4.02. The summed E-state index contributed by atoms with van der Waals surface area (Å²) in [6, 6.07) is 1.09. The molecule has 110 valence electrons. The molecular weight excluding hydrogens is 272 g/mol. The fourth-order valence-electron chi connectivity index (χ4n) is 1.96. The molecule has 1 saturated heterocycles. The first kappa shape index (κ1) is 14.4. The number of nitrogens with one attached hydrogen (secondary N) is 1. The van der Waals surface area contributed by atoms with Gasteiger partial charge in [-0.1, -0.05) is 0 Å². The standard InChI is InChI=1S/C11H14N2O7/c1-5(14)20-9-8(17)6(15)4-19-10(9)13-3-2-7(16)12-11(13)18/h2-3,6,8-10,15,17H,4H2,1H3,(H,12,16,18)/t6-,8-,9+,10+/m1/s1. The van der Waals surface area contributed by atoms with Crippen molar-refractivity contribution in [2.45, 2.75) is 31.5 Å². The fraction of sp³-hybridized carbons (Fsp3) is 0.545. The molecule has 0 aromatic carbocycles. The molecule has 0 unspecified atom stereocenters. The zero-order valence-electron chi connectivity index (χ0n) is 10.6. The average molecular weight is 286 g/mol. The van der Waals surface area contributed by atoms with E-state index in [1.54, 1.807) is 0 Å². The van der Waals surface area contributed by atoms with E-state index in [2.05, 4.69) is 0 Å². The van der Waals surface area contributed by atoms with Gasteiger partial charge in [-0.25, -0.2) is 4.79 Å². The molecule has 1 aliphatic heterocycles. The first-order valence-electron chi connectivity index (χ1n) is 5.86. The highest BCUT2D eigenvalue weighted by Gasteiger charge is 2.42. The van der Waals surface area contributed by atoms with Gasteiger partial charge in [-0.05, 0) is 0 Å². The van der Waals surface area contributed by atoms with Crippen molar-refractivity contribution in [1.82, 2.24) is 9.55 Å². The van der Waals surface area contributed by atoms with Crippen molar-refractivity contribution in [2.24, 2.45) is 0 Å². The lowest BCUT2D eigenvalue weighted by molar-refractivity contribution is -0.225. The third-order valence-electron chi connectivity index (χ3n) is 2.88. The first-order chi connectivity index (χ1) is 9.40. The number of aliphatic hydroxyl groups excluding tert-OH is 2. The molecule has 0 radical (unpaired) electrons. The summed E-state index contributed by atoms with van der Waals surface area (Å²) in [4.78, 5) is 35.8. The quantitative estimate of drug-likeness (QED) is 0.522. The summed E-state index contributed by atoms with van der Waals surface area (Å²) in [5.74, 6) is -0.700. The summed E-state index contributed by atoms with van der Waals surface area (Å²) in [5.41, 5.74) is -1.37. The topological polar surface area (TPSA) is 131 Å². The van der Waals surface area contributed by atoms with Gasteiger partial charge in [0.2, 0.25) is 0 Å². The third-order valence-corrected chi connectivity index (χ3v) is 2.88. The monoisotopic (exact) mass is 286 g/mol. The SMILES string of the molecule is CC(=O)O[C@H]1[C@H](O)[C@H](O)CO[C@@H]1n1ccc(=O)[nH]c1=O. The number of hydrogen-bond donors (Lipinski definition) is 3. The van der Waals surface area contributed by atoms with Crippen LogP contribution < -0.4 is 11.2 Å². The van der Waals surface area contributed by atoms with Crippen LogP contribution in [0.3, 0.4) is 0 Å². The second kappa shape index (κ2) is 5.57. The minimum Gasteiger partial charge on any atom is -0.455 e. The van der Waals surface area contributed by atoms with Crippen LogP contribution in [0.4, 0.5) is 0 Å². The van der Waals surface area contributed by atoms with Gasteiger partial charge in [0.15, 0.2) is 12.3 Å². The molecule has 1 aliphatic rings. The molecule has 0 aliphatic carbocycles. The van der Waals surface area contributed by atoms with Crippen LogP contribution in [0.2, 0.25) is 0 Å². The minimum absolute atomic E-state index is 0.241. The number of rotatable bonds is 2. The van der Waals surface area contributed by atoms with Gasteiger partial charge in [-0.3, -0.25) is 19.1 Å². The van der Waals surface area contributed by atoms with Gasteiger partial charge in [0, 0.05) is 19.2 Å². The number of nitrogens with zero attached hydrogens (tertiary/aromatic N) is 1. The molecule has 9 heteroatoms. The fourth-order valence-corrected chi connectivity index (χ4v) is 1.96. The molecule has 0 saturated carbocycles. The normalized spacial score (nSPS) is 29.9. The van der Waals surface area contributed by atoms with Crippen LogP contribution in [0.5, 0.6) is 0 Å². The molecule has 0 amide bonds. The van der Waals surface area contributed by atoms with Crippen LogP contribution in [-0.4, -0.2) is 50.7 Å². The number of hydrogen-bond acceptors (Lipinski definition) is 7. The Bertz CT molecular complexity index is 607. The van der Waals surface area contributed by atoms with Crippen LogP contribution >= 0.6 is 0 Å². The molecule has 1 aromatic rings. The Morgan fingerprint density at radius 3 is 2.80 bits per heavy atom. The van der Waals surface area contributed by atoms with Crippen molar-refractivity contribution in [3.63, 3.8) is 0 Å². The summed E-state index contributed by atoms with van der Waals surface area (Å²) in [6.45, 7) is 0.884. The van der Waals surface area contributed by atoms with E-state index in [1.165, 1.54) is 0 Å².